The summed E-state index contributed by atoms with van der Waals surface area (Å²) in [6, 6.07) is 36.7. The second-order valence-electron chi connectivity index (χ2n) is 22.7. The van der Waals surface area contributed by atoms with Gasteiger partial charge in [-0.2, -0.15) is 28.8 Å². The Balaban J connectivity index is 0.000000171. The molecule has 2 unspecified atom stereocenters. The van der Waals surface area contributed by atoms with E-state index in [1.165, 1.54) is 39.8 Å². The largest absolute Gasteiger partial charge is 0.370 e. The molecule has 96 heavy (non-hydrogen) atoms. The number of pyridine rings is 3. The lowest BCUT2D eigenvalue weighted by molar-refractivity contribution is 0.605. The molecule has 16 rings (SSSR count). The van der Waals surface area contributed by atoms with Gasteiger partial charge in [-0.1, -0.05) is 161 Å². The average Bonchev–Trinajstić information content (AvgIpc) is 1.13. The fourth-order valence-corrected chi connectivity index (χ4v) is 12.7. The first-order valence-corrected chi connectivity index (χ1v) is 35.3. The molecule has 2 atom stereocenters. The van der Waals surface area contributed by atoms with E-state index in [0.717, 1.165) is 149 Å². The van der Waals surface area contributed by atoms with Crippen molar-refractivity contribution in [3.8, 4) is 33.8 Å². The van der Waals surface area contributed by atoms with Crippen molar-refractivity contribution in [2.75, 3.05) is 22.5 Å². The number of aromatic nitrogens is 12. The summed E-state index contributed by atoms with van der Waals surface area (Å²) in [6.45, 7) is 31.0. The summed E-state index contributed by atoms with van der Waals surface area (Å²) in [6.07, 6.45) is 34.5. The Kier molecular flexibility index (Phi) is 27.1. The van der Waals surface area contributed by atoms with Gasteiger partial charge in [0.2, 0.25) is 0 Å². The minimum absolute atomic E-state index is 0.383. The highest BCUT2D eigenvalue weighted by Gasteiger charge is 2.29. The first kappa shape index (κ1) is 71.9. The van der Waals surface area contributed by atoms with Gasteiger partial charge < -0.3 is 16.0 Å². The van der Waals surface area contributed by atoms with Gasteiger partial charge in [0.05, 0.1) is 35.7 Å². The van der Waals surface area contributed by atoms with E-state index in [4.69, 9.17) is 15.0 Å². The van der Waals surface area contributed by atoms with Crippen molar-refractivity contribution in [3.05, 3.63) is 233 Å². The van der Waals surface area contributed by atoms with Gasteiger partial charge in [-0.15, -0.1) is 0 Å². The highest BCUT2D eigenvalue weighted by molar-refractivity contribution is 5.78. The average molecular weight is 1280 g/mol. The summed E-state index contributed by atoms with van der Waals surface area (Å²) in [4.78, 5) is 27.2. The number of nitrogens with one attached hydrogen (secondary N) is 3. The lowest BCUT2D eigenvalue weighted by atomic mass is 9.88. The van der Waals surface area contributed by atoms with Gasteiger partial charge in [0.25, 0.3) is 0 Å². The van der Waals surface area contributed by atoms with E-state index in [2.05, 4.69) is 157 Å². The van der Waals surface area contributed by atoms with Gasteiger partial charge in [0.15, 0.2) is 16.9 Å². The minimum atomic E-state index is 0.383. The maximum Gasteiger partial charge on any atom is 0.157 e. The van der Waals surface area contributed by atoms with E-state index in [1.807, 2.05) is 165 Å². The Labute approximate surface area is 570 Å². The van der Waals surface area contributed by atoms with Gasteiger partial charge in [0.1, 0.15) is 17.5 Å². The molecular weight excluding hydrogens is 1180 g/mol. The molecule has 0 radical (unpaired) electrons. The van der Waals surface area contributed by atoms with Crippen molar-refractivity contribution in [1.82, 2.24) is 58.7 Å². The number of rotatable bonds is 11. The number of nitrogens with zero attached hydrogens (tertiary/aromatic N) is 12. The van der Waals surface area contributed by atoms with Crippen LogP contribution in [0.3, 0.4) is 0 Å². The predicted molar refractivity (Wildman–Crippen MR) is 403 cm³/mol. The second-order valence-corrected chi connectivity index (χ2v) is 22.7. The summed E-state index contributed by atoms with van der Waals surface area (Å²) in [5.74, 6) is 2.92. The van der Waals surface area contributed by atoms with E-state index < -0.39 is 0 Å². The molecule has 0 saturated carbocycles. The Morgan fingerprint density at radius 2 is 0.906 bits per heavy atom. The van der Waals surface area contributed by atoms with Gasteiger partial charge in [-0.3, -0.25) is 15.0 Å². The molecule has 11 aromatic rings. The molecule has 15 heteroatoms. The fourth-order valence-electron chi connectivity index (χ4n) is 12.7. The van der Waals surface area contributed by atoms with Crippen molar-refractivity contribution in [2.45, 2.75) is 180 Å². The maximum absolute atomic E-state index is 4.79. The quantitative estimate of drug-likeness (QED) is 0.112. The molecule has 0 fully saturated rings. The zero-order valence-electron chi connectivity index (χ0n) is 59.5. The van der Waals surface area contributed by atoms with Crippen molar-refractivity contribution in [2.24, 2.45) is 0 Å². The first-order valence-electron chi connectivity index (χ1n) is 35.3. The SMILES string of the molecule is CC.CC.CC.CC.CC.CC.Cc1cncc(-c2cc(NC3CCC4=C(C3)c3ccccc3C4)n3nccc3n2)c1.Cc1cncc(-c2cc(NC3CCC4=C(C=CC4)C3)n3nccc3n2)c1.Cc1cncc(-c2cc(NCCC3=CCc4ccccc43)n3nccc3n2)c1. The summed E-state index contributed by atoms with van der Waals surface area (Å²) in [5, 5.41) is 24.4. The number of fused-ring (bicyclic) bond motifs is 6. The minimum Gasteiger partial charge on any atom is -0.370 e. The lowest BCUT2D eigenvalue weighted by Crippen LogP contribution is -2.24. The van der Waals surface area contributed by atoms with Crippen LogP contribution in [0.4, 0.5) is 17.5 Å². The van der Waals surface area contributed by atoms with Crippen LogP contribution >= 0.6 is 0 Å². The molecule has 2 aromatic carbocycles. The van der Waals surface area contributed by atoms with Crippen LogP contribution in [0.2, 0.25) is 0 Å². The number of hydrogen-bond acceptors (Lipinski definition) is 12. The van der Waals surface area contributed by atoms with Crippen LogP contribution in [-0.2, 0) is 12.8 Å². The van der Waals surface area contributed by atoms with Gasteiger partial charge in [0, 0.05) is 109 Å². The molecular formula is C81H101N15. The van der Waals surface area contributed by atoms with Crippen LogP contribution in [0.15, 0.2) is 194 Å². The van der Waals surface area contributed by atoms with E-state index in [-0.39, 0.29) is 0 Å². The first-order chi connectivity index (χ1) is 47.3. The van der Waals surface area contributed by atoms with Gasteiger partial charge >= 0.3 is 0 Å². The molecule has 9 aromatic heterocycles. The number of anilines is 3. The third-order valence-electron chi connectivity index (χ3n) is 16.7. The zero-order valence-corrected chi connectivity index (χ0v) is 59.5. The molecule has 0 amide bonds. The third kappa shape index (κ3) is 17.3. The standard InChI is InChI=1S/C25H23N5.C23H21N5.C21H21N5.6C2H6/c1-16-10-19(15-26-14-16)23-13-25(30-24(29-23)8-9-27-30)28-20-7-6-18-11-17-4-2-3-5-21(17)22(18)12-20;1-16-12-19(15-24-14-16)21-13-23(28-22(27-21)9-11-26-28)25-10-8-18-7-6-17-4-2-3-5-20(17)18;1-14-9-17(13-22-12-14)19-11-21(26-20(25-19)7-8-23-26)24-18-6-5-15-3-2-4-16(15)10-18;6*1-2/h2-5,8-10,13-15,20,28H,6-7,11-12H2,1H3;2-5,7,9,11-15,25H,6,8,10H2,1H3;2,4,7-9,11-13,18,24H,3,5-6,10H2,1H3;6*1-2H3. The highest BCUT2D eigenvalue weighted by Crippen LogP contribution is 2.43. The van der Waals surface area contributed by atoms with Crippen LogP contribution in [0.1, 0.15) is 173 Å². The fraction of sp³-hybridized carbons (Fsp3) is 0.346. The molecule has 0 spiro atoms. The normalized spacial score (nSPS) is 14.9. The second kappa shape index (κ2) is 36.1. The predicted octanol–water partition coefficient (Wildman–Crippen LogP) is 20.1. The molecule has 0 bridgehead atoms. The van der Waals surface area contributed by atoms with Crippen LogP contribution in [0.5, 0.6) is 0 Å². The van der Waals surface area contributed by atoms with Crippen molar-refractivity contribution >= 4 is 45.5 Å². The number of benzene rings is 2. The number of aryl methyl sites for hydroxylation is 3. The topological polar surface area (TPSA) is 165 Å². The van der Waals surface area contributed by atoms with E-state index in [9.17, 15) is 0 Å². The van der Waals surface area contributed by atoms with E-state index in [1.54, 1.807) is 35.3 Å². The van der Waals surface area contributed by atoms with Crippen LogP contribution < -0.4 is 16.0 Å². The molecule has 15 nitrogen and oxygen atoms in total. The Bertz CT molecular complexity index is 4420. The zero-order chi connectivity index (χ0) is 68.5. The molecule has 5 aliphatic carbocycles. The molecule has 5 aliphatic rings. The summed E-state index contributed by atoms with van der Waals surface area (Å²) < 4.78 is 5.64. The van der Waals surface area contributed by atoms with Crippen LogP contribution in [-0.4, -0.2) is 77.4 Å². The number of allylic oxidation sites excluding steroid dienone is 5. The number of hydrogen-bond donors (Lipinski definition) is 3. The van der Waals surface area contributed by atoms with Crippen molar-refractivity contribution in [1.29, 1.82) is 0 Å². The molecule has 3 N–H and O–H groups in total. The Morgan fingerprint density at radius 1 is 0.458 bits per heavy atom. The molecule has 0 saturated heterocycles. The Hall–Kier alpha value is -9.89. The van der Waals surface area contributed by atoms with Crippen molar-refractivity contribution in [3.63, 3.8) is 0 Å². The van der Waals surface area contributed by atoms with Gasteiger partial charge in [-0.05, 0) is 159 Å². The lowest BCUT2D eigenvalue weighted by Gasteiger charge is -2.26. The third-order valence-corrected chi connectivity index (χ3v) is 16.7. The van der Waals surface area contributed by atoms with E-state index in [0.29, 0.717) is 12.1 Å². The monoisotopic (exact) mass is 1280 g/mol. The van der Waals surface area contributed by atoms with Crippen LogP contribution in [0.25, 0.3) is 61.9 Å². The Morgan fingerprint density at radius 3 is 1.42 bits per heavy atom. The smallest absolute Gasteiger partial charge is 0.157 e. The van der Waals surface area contributed by atoms with Crippen LogP contribution in [0, 0.1) is 20.8 Å². The molecule has 0 aliphatic heterocycles. The summed E-state index contributed by atoms with van der Waals surface area (Å²) in [7, 11) is 0. The molecule has 500 valence electrons. The van der Waals surface area contributed by atoms with Crippen molar-refractivity contribution < 1.29 is 0 Å². The molecule has 9 heterocycles. The van der Waals surface area contributed by atoms with Gasteiger partial charge in [-0.25, -0.2) is 15.0 Å². The highest BCUT2D eigenvalue weighted by atomic mass is 15.3. The van der Waals surface area contributed by atoms with E-state index >= 15 is 0 Å². The summed E-state index contributed by atoms with van der Waals surface area (Å²) in [5.41, 5.74) is 25.2. The maximum atomic E-state index is 4.79. The summed E-state index contributed by atoms with van der Waals surface area (Å²) >= 11 is 0.